The number of anilines is 1. The number of likely N-dealkylation sites (tertiary alicyclic amines) is 1. The van der Waals surface area contributed by atoms with Gasteiger partial charge in [-0.05, 0) is 44.4 Å². The monoisotopic (exact) mass is 439 g/mol. The average molecular weight is 440 g/mol. The third-order valence-electron chi connectivity index (χ3n) is 5.96. The van der Waals surface area contributed by atoms with Crippen LogP contribution in [0.5, 0.6) is 0 Å². The molecule has 168 valence electrons. The van der Waals surface area contributed by atoms with Crippen LogP contribution < -0.4 is 10.6 Å². The molecule has 1 aliphatic heterocycles. The van der Waals surface area contributed by atoms with E-state index >= 15 is 0 Å². The summed E-state index contributed by atoms with van der Waals surface area (Å²) in [7, 11) is 0. The Bertz CT molecular complexity index is 1080. The number of halogens is 2. The fourth-order valence-electron chi connectivity index (χ4n) is 4.14. The Morgan fingerprint density at radius 2 is 1.81 bits per heavy atom. The lowest BCUT2D eigenvalue weighted by Crippen LogP contribution is -2.46. The Morgan fingerprint density at radius 3 is 2.50 bits per heavy atom. The molecule has 0 radical (unpaired) electrons. The molecule has 2 aromatic carbocycles. The van der Waals surface area contributed by atoms with Crippen LogP contribution in [0.1, 0.15) is 37.1 Å². The summed E-state index contributed by atoms with van der Waals surface area (Å²) in [6.07, 6.45) is 1.72. The van der Waals surface area contributed by atoms with Crippen molar-refractivity contribution in [3.63, 3.8) is 0 Å². The van der Waals surface area contributed by atoms with Gasteiger partial charge in [0.15, 0.2) is 11.6 Å². The number of hydrogen-bond donors (Lipinski definition) is 2. The standard InChI is InChI=1S/C24H27F2N5O/c1-16-14-23(29-31(16)22-9-8-19(25)15-21(22)26)28-24(32)27-20-10-12-30(13-11-20)17(2)18-6-4-3-5-7-18/h3-9,14-15,17,20H,10-13H2,1-2H3,(H2,27,28,29,32). The van der Waals surface area contributed by atoms with Crippen LogP contribution in [0.3, 0.4) is 0 Å². The molecule has 1 fully saturated rings. The molecular formula is C24H27F2N5O. The summed E-state index contributed by atoms with van der Waals surface area (Å²) < 4.78 is 28.6. The number of benzene rings is 2. The fourth-order valence-corrected chi connectivity index (χ4v) is 4.14. The van der Waals surface area contributed by atoms with E-state index in [2.05, 4.69) is 51.8 Å². The van der Waals surface area contributed by atoms with Crippen molar-refractivity contribution in [2.24, 2.45) is 0 Å². The fraction of sp³-hybridized carbons (Fsp3) is 0.333. The maximum Gasteiger partial charge on any atom is 0.320 e. The molecule has 2 amide bonds. The minimum absolute atomic E-state index is 0.0759. The maximum atomic E-state index is 14.1. The molecule has 1 aliphatic rings. The topological polar surface area (TPSA) is 62.2 Å². The smallest absolute Gasteiger partial charge is 0.320 e. The summed E-state index contributed by atoms with van der Waals surface area (Å²) in [4.78, 5) is 14.9. The molecule has 0 aliphatic carbocycles. The zero-order valence-corrected chi connectivity index (χ0v) is 18.2. The first-order chi connectivity index (χ1) is 15.4. The number of rotatable bonds is 5. The Morgan fingerprint density at radius 1 is 1.09 bits per heavy atom. The van der Waals surface area contributed by atoms with E-state index in [1.807, 2.05) is 6.07 Å². The zero-order valence-electron chi connectivity index (χ0n) is 18.2. The molecule has 0 spiro atoms. The summed E-state index contributed by atoms with van der Waals surface area (Å²) in [5.41, 5.74) is 2.03. The number of carbonyl (C=O) groups excluding carboxylic acids is 1. The van der Waals surface area contributed by atoms with Crippen LogP contribution in [0.2, 0.25) is 0 Å². The molecule has 4 rings (SSSR count). The Kier molecular flexibility index (Phi) is 6.50. The van der Waals surface area contributed by atoms with Gasteiger partial charge < -0.3 is 5.32 Å². The van der Waals surface area contributed by atoms with E-state index in [-0.39, 0.29) is 17.8 Å². The van der Waals surface area contributed by atoms with Crippen molar-refractivity contribution >= 4 is 11.8 Å². The summed E-state index contributed by atoms with van der Waals surface area (Å²) in [5, 5.41) is 9.97. The molecule has 2 heterocycles. The van der Waals surface area contributed by atoms with Crippen LogP contribution in [-0.4, -0.2) is 39.8 Å². The Balaban J connectivity index is 1.31. The predicted octanol–water partition coefficient (Wildman–Crippen LogP) is 4.81. The number of urea groups is 1. The first-order valence-electron chi connectivity index (χ1n) is 10.8. The van der Waals surface area contributed by atoms with Crippen LogP contribution in [0, 0.1) is 18.6 Å². The Hall–Kier alpha value is -3.26. The van der Waals surface area contributed by atoms with Gasteiger partial charge in [0, 0.05) is 43.0 Å². The lowest BCUT2D eigenvalue weighted by molar-refractivity contribution is 0.154. The first-order valence-corrected chi connectivity index (χ1v) is 10.8. The third kappa shape index (κ3) is 4.96. The van der Waals surface area contributed by atoms with Gasteiger partial charge in [0.25, 0.3) is 0 Å². The van der Waals surface area contributed by atoms with E-state index in [0.717, 1.165) is 32.0 Å². The second-order valence-electron chi connectivity index (χ2n) is 8.17. The molecular weight excluding hydrogens is 412 g/mol. The van der Waals surface area contributed by atoms with Crippen molar-refractivity contribution in [3.8, 4) is 5.69 Å². The number of nitrogens with one attached hydrogen (secondary N) is 2. The summed E-state index contributed by atoms with van der Waals surface area (Å²) in [6, 6.07) is 15.4. The van der Waals surface area contributed by atoms with Crippen LogP contribution >= 0.6 is 0 Å². The van der Waals surface area contributed by atoms with Crippen molar-refractivity contribution in [1.29, 1.82) is 0 Å². The molecule has 1 saturated heterocycles. The van der Waals surface area contributed by atoms with E-state index in [0.29, 0.717) is 17.6 Å². The van der Waals surface area contributed by atoms with E-state index in [1.165, 1.54) is 22.4 Å². The quantitative estimate of drug-likeness (QED) is 0.600. The number of hydrogen-bond acceptors (Lipinski definition) is 3. The third-order valence-corrected chi connectivity index (χ3v) is 5.96. The number of piperidine rings is 1. The highest BCUT2D eigenvalue weighted by atomic mass is 19.1. The SMILES string of the molecule is Cc1cc(NC(=O)NC2CCN(C(C)c3ccccc3)CC2)nn1-c1ccc(F)cc1F. The molecule has 0 bridgehead atoms. The maximum absolute atomic E-state index is 14.1. The normalized spacial score (nSPS) is 16.0. The van der Waals surface area contributed by atoms with Crippen LogP contribution in [-0.2, 0) is 0 Å². The van der Waals surface area contributed by atoms with Gasteiger partial charge in [-0.15, -0.1) is 5.10 Å². The van der Waals surface area contributed by atoms with E-state index in [1.54, 1.807) is 13.0 Å². The van der Waals surface area contributed by atoms with E-state index in [4.69, 9.17) is 0 Å². The largest absolute Gasteiger partial charge is 0.335 e. The van der Waals surface area contributed by atoms with Crippen molar-refractivity contribution < 1.29 is 13.6 Å². The molecule has 2 N–H and O–H groups in total. The molecule has 3 aromatic rings. The number of aromatic nitrogens is 2. The van der Waals surface area contributed by atoms with Crippen molar-refractivity contribution in [2.75, 3.05) is 18.4 Å². The molecule has 1 unspecified atom stereocenters. The van der Waals surface area contributed by atoms with Gasteiger partial charge in [0.05, 0.1) is 0 Å². The highest BCUT2D eigenvalue weighted by Gasteiger charge is 2.24. The van der Waals surface area contributed by atoms with Crippen LogP contribution in [0.4, 0.5) is 19.4 Å². The van der Waals surface area contributed by atoms with Gasteiger partial charge >= 0.3 is 6.03 Å². The minimum Gasteiger partial charge on any atom is -0.335 e. The zero-order chi connectivity index (χ0) is 22.7. The molecule has 0 saturated carbocycles. The van der Waals surface area contributed by atoms with Gasteiger partial charge in [0.2, 0.25) is 0 Å². The highest BCUT2D eigenvalue weighted by Crippen LogP contribution is 2.24. The van der Waals surface area contributed by atoms with Crippen LogP contribution in [0.15, 0.2) is 54.6 Å². The predicted molar refractivity (Wildman–Crippen MR) is 120 cm³/mol. The molecule has 1 atom stereocenters. The van der Waals surface area contributed by atoms with Gasteiger partial charge in [0.1, 0.15) is 11.5 Å². The second kappa shape index (κ2) is 9.48. The summed E-state index contributed by atoms with van der Waals surface area (Å²) >= 11 is 0. The molecule has 32 heavy (non-hydrogen) atoms. The average Bonchev–Trinajstić information content (AvgIpc) is 3.13. The van der Waals surface area contributed by atoms with E-state index in [9.17, 15) is 13.6 Å². The summed E-state index contributed by atoms with van der Waals surface area (Å²) in [6.45, 7) is 5.75. The van der Waals surface area contributed by atoms with E-state index < -0.39 is 11.6 Å². The molecule has 6 nitrogen and oxygen atoms in total. The number of aryl methyl sites for hydroxylation is 1. The van der Waals surface area contributed by atoms with Crippen molar-refractivity contribution in [1.82, 2.24) is 20.0 Å². The minimum atomic E-state index is -0.719. The van der Waals surface area contributed by atoms with Crippen molar-refractivity contribution in [3.05, 3.63) is 77.5 Å². The molecule has 8 heteroatoms. The molecule has 1 aromatic heterocycles. The first kappa shape index (κ1) is 22.0. The van der Waals surface area contributed by atoms with Gasteiger partial charge in [-0.1, -0.05) is 30.3 Å². The second-order valence-corrected chi connectivity index (χ2v) is 8.17. The Labute approximate surface area is 186 Å². The van der Waals surface area contributed by atoms with Crippen molar-refractivity contribution in [2.45, 2.75) is 38.8 Å². The van der Waals surface area contributed by atoms with Gasteiger partial charge in [-0.25, -0.2) is 18.3 Å². The summed E-state index contributed by atoms with van der Waals surface area (Å²) in [5.74, 6) is -1.07. The number of nitrogens with zero attached hydrogens (tertiary/aromatic N) is 3. The van der Waals surface area contributed by atoms with Gasteiger partial charge in [-0.2, -0.15) is 0 Å². The lowest BCUT2D eigenvalue weighted by atomic mass is 10.0. The number of carbonyl (C=O) groups is 1. The number of amides is 2. The van der Waals surface area contributed by atoms with Crippen LogP contribution in [0.25, 0.3) is 5.69 Å². The lowest BCUT2D eigenvalue weighted by Gasteiger charge is -2.36. The highest BCUT2D eigenvalue weighted by molar-refractivity contribution is 5.88. The van der Waals surface area contributed by atoms with Gasteiger partial charge in [-0.3, -0.25) is 10.2 Å².